The van der Waals surface area contributed by atoms with Crippen LogP contribution in [0.4, 0.5) is 4.79 Å². The Kier molecular flexibility index (Phi) is 2.81. The van der Waals surface area contributed by atoms with Crippen molar-refractivity contribution in [2.45, 2.75) is 25.4 Å². The van der Waals surface area contributed by atoms with Crippen molar-refractivity contribution in [1.29, 1.82) is 0 Å². The first kappa shape index (κ1) is 10.3. The van der Waals surface area contributed by atoms with Gasteiger partial charge in [-0.25, -0.2) is 4.79 Å². The molecule has 4 nitrogen and oxygen atoms in total. The molecular formula is C9H18N2O2. The summed E-state index contributed by atoms with van der Waals surface area (Å²) in [6, 6.07) is -0.00984. The number of β-amino-alcohol motifs (C(OH)–C–C–N with tert-alkyl or cyclic N) is 1. The molecular weight excluding hydrogens is 168 g/mol. The lowest BCUT2D eigenvalue weighted by Gasteiger charge is -2.24. The van der Waals surface area contributed by atoms with Crippen LogP contribution in [0, 0.1) is 0 Å². The summed E-state index contributed by atoms with van der Waals surface area (Å²) in [6.07, 6.45) is 1.41. The fourth-order valence-corrected chi connectivity index (χ4v) is 1.59. The summed E-state index contributed by atoms with van der Waals surface area (Å²) < 4.78 is 0. The number of nitrogens with zero attached hydrogens (tertiary/aromatic N) is 2. The number of hydrogen-bond donors (Lipinski definition) is 1. The Morgan fingerprint density at radius 2 is 2.23 bits per heavy atom. The van der Waals surface area contributed by atoms with Crippen LogP contribution in [0.2, 0.25) is 0 Å². The van der Waals surface area contributed by atoms with Gasteiger partial charge in [-0.3, -0.25) is 0 Å². The lowest BCUT2D eigenvalue weighted by Crippen LogP contribution is -2.40. The van der Waals surface area contributed by atoms with E-state index < -0.39 is 5.60 Å². The van der Waals surface area contributed by atoms with Crippen molar-refractivity contribution in [1.82, 2.24) is 9.80 Å². The normalized spacial score (nSPS) is 27.8. The topological polar surface area (TPSA) is 43.8 Å². The van der Waals surface area contributed by atoms with Crippen LogP contribution in [-0.2, 0) is 0 Å². The van der Waals surface area contributed by atoms with Crippen molar-refractivity contribution >= 4 is 6.03 Å². The van der Waals surface area contributed by atoms with Gasteiger partial charge in [0.15, 0.2) is 0 Å². The number of amides is 2. The highest BCUT2D eigenvalue weighted by Crippen LogP contribution is 2.24. The second-order valence-electron chi connectivity index (χ2n) is 3.93. The second-order valence-corrected chi connectivity index (χ2v) is 3.93. The van der Waals surface area contributed by atoms with Gasteiger partial charge >= 0.3 is 6.03 Å². The summed E-state index contributed by atoms with van der Waals surface area (Å²) in [7, 11) is 3.46. The Morgan fingerprint density at radius 1 is 1.62 bits per heavy atom. The quantitative estimate of drug-likeness (QED) is 0.648. The molecule has 0 aromatic heterocycles. The molecule has 2 amide bonds. The average Bonchev–Trinajstić information content (AvgIpc) is 2.47. The monoisotopic (exact) mass is 186 g/mol. The van der Waals surface area contributed by atoms with Gasteiger partial charge in [0, 0.05) is 20.6 Å². The molecule has 0 saturated carbocycles. The zero-order valence-corrected chi connectivity index (χ0v) is 8.58. The van der Waals surface area contributed by atoms with Crippen LogP contribution >= 0.6 is 0 Å². The maximum atomic E-state index is 11.5. The molecule has 1 aliphatic heterocycles. The van der Waals surface area contributed by atoms with E-state index in [1.807, 2.05) is 6.92 Å². The predicted octanol–water partition coefficient (Wildman–Crippen LogP) is 0.515. The van der Waals surface area contributed by atoms with Crippen molar-refractivity contribution in [3.05, 3.63) is 0 Å². The van der Waals surface area contributed by atoms with E-state index >= 15 is 0 Å². The van der Waals surface area contributed by atoms with Gasteiger partial charge in [0.1, 0.15) is 0 Å². The molecule has 13 heavy (non-hydrogen) atoms. The molecule has 0 bridgehead atoms. The molecule has 0 aromatic rings. The van der Waals surface area contributed by atoms with Gasteiger partial charge in [-0.1, -0.05) is 6.92 Å². The molecule has 1 atom stereocenters. The minimum absolute atomic E-state index is 0.00984. The molecule has 1 fully saturated rings. The highest BCUT2D eigenvalue weighted by molar-refractivity contribution is 5.74. The summed E-state index contributed by atoms with van der Waals surface area (Å²) >= 11 is 0. The van der Waals surface area contributed by atoms with Gasteiger partial charge in [-0.2, -0.15) is 0 Å². The average molecular weight is 186 g/mol. The van der Waals surface area contributed by atoms with Crippen LogP contribution in [0.1, 0.15) is 19.8 Å². The summed E-state index contributed by atoms with van der Waals surface area (Å²) in [4.78, 5) is 14.7. The van der Waals surface area contributed by atoms with Crippen LogP contribution in [0.25, 0.3) is 0 Å². The van der Waals surface area contributed by atoms with Crippen molar-refractivity contribution in [2.75, 3.05) is 27.2 Å². The summed E-state index contributed by atoms with van der Waals surface area (Å²) in [6.45, 7) is 3.09. The molecule has 0 spiro atoms. The molecule has 76 valence electrons. The smallest absolute Gasteiger partial charge is 0.319 e. The molecule has 1 rings (SSSR count). The number of urea groups is 1. The molecule has 4 heteroatoms. The molecule has 0 aromatic carbocycles. The van der Waals surface area contributed by atoms with Gasteiger partial charge in [0.05, 0.1) is 12.1 Å². The van der Waals surface area contributed by atoms with E-state index in [-0.39, 0.29) is 6.03 Å². The predicted molar refractivity (Wildman–Crippen MR) is 50.5 cm³/mol. The minimum Gasteiger partial charge on any atom is -0.388 e. The molecule has 1 heterocycles. The fraction of sp³-hybridized carbons (Fsp3) is 0.889. The summed E-state index contributed by atoms with van der Waals surface area (Å²) in [5.41, 5.74) is -0.647. The van der Waals surface area contributed by atoms with Crippen LogP contribution in [0.5, 0.6) is 0 Å². The van der Waals surface area contributed by atoms with Gasteiger partial charge in [-0.15, -0.1) is 0 Å². The minimum atomic E-state index is -0.647. The molecule has 1 aliphatic rings. The highest BCUT2D eigenvalue weighted by Gasteiger charge is 2.36. The first-order chi connectivity index (χ1) is 5.98. The summed E-state index contributed by atoms with van der Waals surface area (Å²) in [5, 5.41) is 9.89. The number of hydrogen-bond acceptors (Lipinski definition) is 2. The van der Waals surface area contributed by atoms with E-state index in [2.05, 4.69) is 0 Å². The second kappa shape index (κ2) is 3.54. The van der Waals surface area contributed by atoms with Gasteiger partial charge in [-0.05, 0) is 12.8 Å². The fourth-order valence-electron chi connectivity index (χ4n) is 1.59. The van der Waals surface area contributed by atoms with Gasteiger partial charge in [0.25, 0.3) is 0 Å². The largest absolute Gasteiger partial charge is 0.388 e. The third kappa shape index (κ3) is 2.12. The number of carbonyl (C=O) groups excluding carboxylic acids is 1. The van der Waals surface area contributed by atoms with E-state index in [9.17, 15) is 9.90 Å². The molecule has 0 radical (unpaired) electrons. The van der Waals surface area contributed by atoms with Gasteiger partial charge < -0.3 is 14.9 Å². The van der Waals surface area contributed by atoms with E-state index in [1.165, 1.54) is 0 Å². The lowest BCUT2D eigenvalue weighted by molar-refractivity contribution is 0.0473. The van der Waals surface area contributed by atoms with E-state index in [4.69, 9.17) is 0 Å². The van der Waals surface area contributed by atoms with Crippen LogP contribution in [0.15, 0.2) is 0 Å². The molecule has 1 N–H and O–H groups in total. The SMILES string of the molecule is CCC1(O)CCN(C(=O)N(C)C)C1. The van der Waals surface area contributed by atoms with Crippen LogP contribution in [0.3, 0.4) is 0 Å². The first-order valence-corrected chi connectivity index (χ1v) is 4.67. The van der Waals surface area contributed by atoms with E-state index in [0.717, 1.165) is 0 Å². The van der Waals surface area contributed by atoms with Crippen LogP contribution < -0.4 is 0 Å². The van der Waals surface area contributed by atoms with E-state index in [1.54, 1.807) is 23.9 Å². The van der Waals surface area contributed by atoms with Crippen molar-refractivity contribution < 1.29 is 9.90 Å². The number of likely N-dealkylation sites (tertiary alicyclic amines) is 1. The Hall–Kier alpha value is -0.770. The maximum absolute atomic E-state index is 11.5. The Morgan fingerprint density at radius 3 is 2.62 bits per heavy atom. The van der Waals surface area contributed by atoms with Gasteiger partial charge in [0.2, 0.25) is 0 Å². The Balaban J connectivity index is 2.55. The van der Waals surface area contributed by atoms with Crippen molar-refractivity contribution in [2.24, 2.45) is 0 Å². The van der Waals surface area contributed by atoms with Crippen molar-refractivity contribution in [3.8, 4) is 0 Å². The van der Waals surface area contributed by atoms with E-state index in [0.29, 0.717) is 25.9 Å². The Labute approximate surface area is 79.1 Å². The third-order valence-electron chi connectivity index (χ3n) is 2.64. The van der Waals surface area contributed by atoms with Crippen molar-refractivity contribution in [3.63, 3.8) is 0 Å². The Bertz CT molecular complexity index is 206. The zero-order chi connectivity index (χ0) is 10.1. The molecule has 1 saturated heterocycles. The maximum Gasteiger partial charge on any atom is 0.319 e. The summed E-state index contributed by atoms with van der Waals surface area (Å²) in [5.74, 6) is 0. The zero-order valence-electron chi connectivity index (χ0n) is 8.58. The lowest BCUT2D eigenvalue weighted by atomic mass is 10.0. The molecule has 1 unspecified atom stereocenters. The highest BCUT2D eigenvalue weighted by atomic mass is 16.3. The third-order valence-corrected chi connectivity index (χ3v) is 2.64. The molecule has 0 aliphatic carbocycles. The first-order valence-electron chi connectivity index (χ1n) is 4.67. The number of rotatable bonds is 1. The number of aliphatic hydroxyl groups is 1. The number of carbonyl (C=O) groups is 1. The van der Waals surface area contributed by atoms with Crippen LogP contribution in [-0.4, -0.2) is 53.7 Å². The standard InChI is InChI=1S/C9H18N2O2/c1-4-9(13)5-6-11(7-9)8(12)10(2)3/h13H,4-7H2,1-3H3.